The van der Waals surface area contributed by atoms with E-state index in [0.29, 0.717) is 21.3 Å². The number of carbonyl (C=O) groups is 3. The lowest BCUT2D eigenvalue weighted by Crippen LogP contribution is -2.30. The molecule has 0 fully saturated rings. The molecule has 1 aromatic heterocycles. The fourth-order valence-corrected chi connectivity index (χ4v) is 5.76. The highest BCUT2D eigenvalue weighted by atomic mass is 32.2. The molecule has 236 valence electrons. The number of anilines is 2. The zero-order chi connectivity index (χ0) is 33.2. The monoisotopic (exact) mass is 665 g/mol. The van der Waals surface area contributed by atoms with Gasteiger partial charge in [-0.2, -0.15) is 0 Å². The number of para-hydroxylation sites is 1. The lowest BCUT2D eigenvalue weighted by Gasteiger charge is -2.12. The smallest absolute Gasteiger partial charge is 0.276 e. The number of nitro benzene ring substituents is 1. The maximum absolute atomic E-state index is 13.4. The number of nitrogens with zero attached hydrogens (tertiary/aromatic N) is 2. The third kappa shape index (κ3) is 8.90. The van der Waals surface area contributed by atoms with Gasteiger partial charge in [-0.3, -0.25) is 24.5 Å². The van der Waals surface area contributed by atoms with Gasteiger partial charge in [0.1, 0.15) is 11.4 Å². The van der Waals surface area contributed by atoms with Crippen LogP contribution in [0.25, 0.3) is 17.3 Å². The summed E-state index contributed by atoms with van der Waals surface area (Å²) in [6.07, 6.45) is 1.26. The van der Waals surface area contributed by atoms with E-state index in [9.17, 15) is 24.5 Å². The quantitative estimate of drug-likeness (QED) is 0.0565. The van der Waals surface area contributed by atoms with Crippen LogP contribution in [0.5, 0.6) is 5.75 Å². The summed E-state index contributed by atoms with van der Waals surface area (Å²) in [7, 11) is 1.60. The molecule has 0 aliphatic rings. The number of thioether (sulfide) groups is 1. The second kappa shape index (κ2) is 15.5. The van der Waals surface area contributed by atoms with Crippen LogP contribution in [0.1, 0.15) is 15.9 Å². The largest absolute Gasteiger partial charge is 0.497 e. The molecule has 4 aromatic carbocycles. The summed E-state index contributed by atoms with van der Waals surface area (Å²) in [5.74, 6) is -0.673. The molecule has 0 aliphatic carbocycles. The number of thiazole rings is 1. The van der Waals surface area contributed by atoms with Crippen LogP contribution in [0.4, 0.5) is 16.5 Å². The number of hydrogen-bond donors (Lipinski definition) is 3. The molecule has 0 aliphatic heterocycles. The number of hydrogen-bond acceptors (Lipinski definition) is 9. The van der Waals surface area contributed by atoms with Gasteiger partial charge in [-0.05, 0) is 66.7 Å². The van der Waals surface area contributed by atoms with Crippen LogP contribution in [0.15, 0.2) is 119 Å². The molecule has 0 unspecified atom stereocenters. The zero-order valence-electron chi connectivity index (χ0n) is 24.8. The lowest BCUT2D eigenvalue weighted by atomic mass is 10.1. The Morgan fingerprint density at radius 1 is 0.936 bits per heavy atom. The highest BCUT2D eigenvalue weighted by Gasteiger charge is 2.19. The number of benzene rings is 4. The van der Waals surface area contributed by atoms with Gasteiger partial charge in [0.15, 0.2) is 5.13 Å². The molecule has 0 saturated heterocycles. The first-order chi connectivity index (χ1) is 22.8. The van der Waals surface area contributed by atoms with Gasteiger partial charge in [0, 0.05) is 33.2 Å². The molecule has 0 radical (unpaired) electrons. The molecule has 11 nitrogen and oxygen atoms in total. The summed E-state index contributed by atoms with van der Waals surface area (Å²) < 4.78 is 5.19. The predicted molar refractivity (Wildman–Crippen MR) is 184 cm³/mol. The number of ether oxygens (including phenoxy) is 1. The average molecular weight is 666 g/mol. The first kappa shape index (κ1) is 32.6. The van der Waals surface area contributed by atoms with E-state index in [0.717, 1.165) is 17.0 Å². The van der Waals surface area contributed by atoms with Crippen LogP contribution in [-0.2, 0) is 9.59 Å². The van der Waals surface area contributed by atoms with Crippen molar-refractivity contribution in [2.45, 2.75) is 4.90 Å². The molecular formula is C34H27N5O6S2. The second-order valence-electron chi connectivity index (χ2n) is 9.78. The van der Waals surface area contributed by atoms with E-state index >= 15 is 0 Å². The van der Waals surface area contributed by atoms with Crippen LogP contribution < -0.4 is 20.7 Å². The van der Waals surface area contributed by atoms with Crippen molar-refractivity contribution in [3.63, 3.8) is 0 Å². The molecule has 47 heavy (non-hydrogen) atoms. The summed E-state index contributed by atoms with van der Waals surface area (Å²) in [5.41, 5.74) is 2.06. The standard InChI is InChI=1S/C34H27N5O6S2/c1-45-26-16-14-22(15-17-26)29-20-47-34(37-29)38-31(40)21-46-27-12-7-11-25(19-27)35-33(42)28(36-32(41)23-8-3-2-4-9-23)18-24-10-5-6-13-30(24)39(43)44/h2-20H,21H2,1H3,(H,35,42)(H,36,41)(H,37,38,40)/b28-18+. The molecule has 0 spiro atoms. The van der Waals surface area contributed by atoms with E-state index < -0.39 is 16.7 Å². The van der Waals surface area contributed by atoms with Crippen molar-refractivity contribution in [1.82, 2.24) is 10.3 Å². The minimum atomic E-state index is -0.691. The van der Waals surface area contributed by atoms with E-state index in [2.05, 4.69) is 20.9 Å². The van der Waals surface area contributed by atoms with Gasteiger partial charge in [-0.25, -0.2) is 4.98 Å². The van der Waals surface area contributed by atoms with E-state index in [4.69, 9.17) is 4.74 Å². The molecule has 3 N–H and O–H groups in total. The number of aromatic nitrogens is 1. The topological polar surface area (TPSA) is 153 Å². The first-order valence-corrected chi connectivity index (χ1v) is 15.9. The number of carbonyl (C=O) groups excluding carboxylic acids is 3. The Kier molecular flexibility index (Phi) is 10.7. The van der Waals surface area contributed by atoms with Gasteiger partial charge in [0.2, 0.25) is 5.91 Å². The second-order valence-corrected chi connectivity index (χ2v) is 11.7. The lowest BCUT2D eigenvalue weighted by molar-refractivity contribution is -0.385. The summed E-state index contributed by atoms with van der Waals surface area (Å²) in [6.45, 7) is 0. The third-order valence-electron chi connectivity index (χ3n) is 6.56. The van der Waals surface area contributed by atoms with Gasteiger partial charge >= 0.3 is 0 Å². The first-order valence-electron chi connectivity index (χ1n) is 14.0. The van der Waals surface area contributed by atoms with Crippen LogP contribution in [0, 0.1) is 10.1 Å². The number of nitrogens with one attached hydrogen (secondary N) is 3. The Bertz CT molecular complexity index is 1940. The van der Waals surface area contributed by atoms with Crippen molar-refractivity contribution in [3.8, 4) is 17.0 Å². The van der Waals surface area contributed by atoms with Crippen LogP contribution in [0.3, 0.4) is 0 Å². The SMILES string of the molecule is COc1ccc(-c2csc(NC(=O)CSc3cccc(NC(=O)/C(=C\c4ccccc4[N+](=O)[O-])NC(=O)c4ccccc4)c3)n2)cc1. The number of rotatable bonds is 12. The molecule has 5 aromatic rings. The highest BCUT2D eigenvalue weighted by molar-refractivity contribution is 8.00. The van der Waals surface area contributed by atoms with Crippen molar-refractivity contribution < 1.29 is 24.0 Å². The summed E-state index contributed by atoms with van der Waals surface area (Å²) in [5, 5.41) is 22.0. The van der Waals surface area contributed by atoms with E-state index in [1.807, 2.05) is 29.6 Å². The molecule has 5 rings (SSSR count). The van der Waals surface area contributed by atoms with Crippen LogP contribution >= 0.6 is 23.1 Å². The number of amides is 3. The van der Waals surface area contributed by atoms with Crippen molar-refractivity contribution in [2.24, 2.45) is 0 Å². The fraction of sp³-hybridized carbons (Fsp3) is 0.0588. The van der Waals surface area contributed by atoms with E-state index in [-0.39, 0.29) is 28.6 Å². The van der Waals surface area contributed by atoms with Gasteiger partial charge in [0.25, 0.3) is 17.5 Å². The molecular weight excluding hydrogens is 639 g/mol. The van der Waals surface area contributed by atoms with Gasteiger partial charge in [-0.15, -0.1) is 23.1 Å². The Hall–Kier alpha value is -5.79. The van der Waals surface area contributed by atoms with E-state index in [1.165, 1.54) is 47.4 Å². The van der Waals surface area contributed by atoms with Crippen LogP contribution in [0.2, 0.25) is 0 Å². The third-order valence-corrected chi connectivity index (χ3v) is 8.31. The van der Waals surface area contributed by atoms with Crippen molar-refractivity contribution in [2.75, 3.05) is 23.5 Å². The zero-order valence-corrected chi connectivity index (χ0v) is 26.5. The molecule has 0 bridgehead atoms. The minimum absolute atomic E-state index is 0.0881. The minimum Gasteiger partial charge on any atom is -0.497 e. The van der Waals surface area contributed by atoms with Crippen molar-refractivity contribution in [1.29, 1.82) is 0 Å². The molecule has 0 saturated carbocycles. The Morgan fingerprint density at radius 2 is 1.68 bits per heavy atom. The maximum atomic E-state index is 13.4. The summed E-state index contributed by atoms with van der Waals surface area (Å²) >= 11 is 2.58. The summed E-state index contributed by atoms with van der Waals surface area (Å²) in [4.78, 5) is 55.3. The highest BCUT2D eigenvalue weighted by Crippen LogP contribution is 2.28. The average Bonchev–Trinajstić information content (AvgIpc) is 3.56. The molecule has 1 heterocycles. The van der Waals surface area contributed by atoms with E-state index in [1.54, 1.807) is 67.8 Å². The van der Waals surface area contributed by atoms with Crippen LogP contribution in [-0.4, -0.2) is 40.5 Å². The Balaban J connectivity index is 1.25. The molecule has 13 heteroatoms. The number of methoxy groups -OCH3 is 1. The van der Waals surface area contributed by atoms with Crippen molar-refractivity contribution in [3.05, 3.63) is 135 Å². The molecule has 0 atom stereocenters. The normalized spacial score (nSPS) is 11.0. The fourth-order valence-electron chi connectivity index (χ4n) is 4.27. The Labute approximate surface area is 277 Å². The van der Waals surface area contributed by atoms with Gasteiger partial charge in [-0.1, -0.05) is 36.4 Å². The number of nitro groups is 1. The van der Waals surface area contributed by atoms with Crippen molar-refractivity contribution >= 4 is 63.4 Å². The molecule has 3 amide bonds. The summed E-state index contributed by atoms with van der Waals surface area (Å²) in [6, 6.07) is 28.5. The van der Waals surface area contributed by atoms with Gasteiger partial charge in [0.05, 0.1) is 29.0 Å². The Morgan fingerprint density at radius 3 is 2.43 bits per heavy atom. The van der Waals surface area contributed by atoms with Gasteiger partial charge < -0.3 is 20.7 Å². The maximum Gasteiger partial charge on any atom is 0.276 e. The predicted octanol–water partition coefficient (Wildman–Crippen LogP) is 6.87.